The highest BCUT2D eigenvalue weighted by molar-refractivity contribution is 7.85. The van der Waals surface area contributed by atoms with Crippen molar-refractivity contribution in [1.82, 2.24) is 5.01 Å². The van der Waals surface area contributed by atoms with Gasteiger partial charge in [0, 0.05) is 13.1 Å². The van der Waals surface area contributed by atoms with E-state index in [4.69, 9.17) is 10.4 Å². The van der Waals surface area contributed by atoms with E-state index in [1.807, 2.05) is 6.92 Å². The van der Waals surface area contributed by atoms with Crippen molar-refractivity contribution in [1.29, 1.82) is 0 Å². The Kier molecular flexibility index (Phi) is 5.39. The fourth-order valence-electron chi connectivity index (χ4n) is 0.706. The van der Waals surface area contributed by atoms with Gasteiger partial charge >= 0.3 is 0 Å². The van der Waals surface area contributed by atoms with Crippen molar-refractivity contribution in [2.24, 2.45) is 5.84 Å². The highest BCUT2D eigenvalue weighted by Gasteiger charge is 2.06. The Morgan fingerprint density at radius 1 is 1.42 bits per heavy atom. The van der Waals surface area contributed by atoms with Gasteiger partial charge in [-0.2, -0.15) is 8.42 Å². The van der Waals surface area contributed by atoms with Crippen LogP contribution >= 0.6 is 0 Å². The maximum absolute atomic E-state index is 10.3. The SMILES string of the molecule is CCCCN(N)CCS(=O)(=O)O. The van der Waals surface area contributed by atoms with Crippen LogP contribution in [0.1, 0.15) is 19.8 Å². The van der Waals surface area contributed by atoms with Crippen LogP contribution in [0.15, 0.2) is 0 Å². The molecule has 0 amide bonds. The molecule has 0 spiro atoms. The Morgan fingerprint density at radius 2 is 2.00 bits per heavy atom. The number of nitrogens with two attached hydrogens (primary N) is 1. The van der Waals surface area contributed by atoms with Crippen LogP contribution in [0.4, 0.5) is 0 Å². The van der Waals surface area contributed by atoms with Gasteiger partial charge in [-0.1, -0.05) is 13.3 Å². The molecule has 0 aromatic heterocycles. The molecule has 0 rings (SSSR count). The van der Waals surface area contributed by atoms with E-state index in [1.165, 1.54) is 5.01 Å². The van der Waals surface area contributed by atoms with Gasteiger partial charge in [0.25, 0.3) is 10.1 Å². The molecule has 0 saturated carbocycles. The van der Waals surface area contributed by atoms with Crippen LogP contribution in [0, 0.1) is 0 Å². The topological polar surface area (TPSA) is 83.6 Å². The second-order valence-electron chi connectivity index (χ2n) is 2.68. The first-order valence-electron chi connectivity index (χ1n) is 3.90. The summed E-state index contributed by atoms with van der Waals surface area (Å²) in [6, 6.07) is 0. The van der Waals surface area contributed by atoms with Crippen molar-refractivity contribution < 1.29 is 13.0 Å². The van der Waals surface area contributed by atoms with Crippen LogP contribution in [0.5, 0.6) is 0 Å². The number of rotatable bonds is 6. The molecule has 0 radical (unpaired) electrons. The summed E-state index contributed by atoms with van der Waals surface area (Å²) in [4.78, 5) is 0. The highest BCUT2D eigenvalue weighted by atomic mass is 32.2. The Hall–Kier alpha value is -0.170. The van der Waals surface area contributed by atoms with Crippen LogP contribution < -0.4 is 5.84 Å². The van der Waals surface area contributed by atoms with Gasteiger partial charge in [-0.15, -0.1) is 0 Å². The molecule has 0 aliphatic carbocycles. The lowest BCUT2D eigenvalue weighted by Crippen LogP contribution is -2.36. The van der Waals surface area contributed by atoms with Gasteiger partial charge in [-0.05, 0) is 6.42 Å². The first-order valence-corrected chi connectivity index (χ1v) is 5.51. The molecule has 3 N–H and O–H groups in total. The summed E-state index contributed by atoms with van der Waals surface area (Å²) < 4.78 is 28.9. The van der Waals surface area contributed by atoms with Crippen LogP contribution in [-0.2, 0) is 10.1 Å². The minimum Gasteiger partial charge on any atom is -0.286 e. The summed E-state index contributed by atoms with van der Waals surface area (Å²) in [6.45, 7) is 2.86. The summed E-state index contributed by atoms with van der Waals surface area (Å²) in [6.07, 6.45) is 1.95. The third kappa shape index (κ3) is 7.93. The number of nitrogens with zero attached hydrogens (tertiary/aromatic N) is 1. The molecule has 0 aromatic carbocycles. The minimum atomic E-state index is -3.87. The predicted octanol–water partition coefficient (Wildman–Crippen LogP) is -0.150. The van der Waals surface area contributed by atoms with E-state index in [2.05, 4.69) is 0 Å². The average Bonchev–Trinajstić information content (AvgIpc) is 1.95. The second kappa shape index (κ2) is 5.47. The summed E-state index contributed by atoms with van der Waals surface area (Å²) in [5.74, 6) is 5.13. The van der Waals surface area contributed by atoms with E-state index in [0.717, 1.165) is 12.8 Å². The molecule has 6 heteroatoms. The lowest BCUT2D eigenvalue weighted by atomic mass is 10.3. The predicted molar refractivity (Wildman–Crippen MR) is 47.1 cm³/mol. The van der Waals surface area contributed by atoms with E-state index >= 15 is 0 Å². The van der Waals surface area contributed by atoms with Crippen LogP contribution in [0.2, 0.25) is 0 Å². The average molecular weight is 196 g/mol. The fraction of sp³-hybridized carbons (Fsp3) is 1.00. The normalized spacial score (nSPS) is 12.3. The largest absolute Gasteiger partial charge is 0.286 e. The Bertz CT molecular complexity index is 203. The molecular formula is C6H16N2O3S. The summed E-state index contributed by atoms with van der Waals surface area (Å²) >= 11 is 0. The summed E-state index contributed by atoms with van der Waals surface area (Å²) in [5.41, 5.74) is 0. The number of hydrazine groups is 1. The Morgan fingerprint density at radius 3 is 2.42 bits per heavy atom. The molecule has 0 fully saturated rings. The molecule has 0 aliphatic heterocycles. The highest BCUT2D eigenvalue weighted by Crippen LogP contribution is 1.90. The van der Waals surface area contributed by atoms with Crippen molar-refractivity contribution in [2.45, 2.75) is 19.8 Å². The maximum Gasteiger partial charge on any atom is 0.266 e. The zero-order chi connectivity index (χ0) is 9.61. The van der Waals surface area contributed by atoms with E-state index in [9.17, 15) is 8.42 Å². The smallest absolute Gasteiger partial charge is 0.266 e. The Balaban J connectivity index is 3.51. The third-order valence-electron chi connectivity index (χ3n) is 1.44. The minimum absolute atomic E-state index is 0.179. The molecule has 5 nitrogen and oxygen atoms in total. The Labute approximate surface area is 73.3 Å². The quantitative estimate of drug-likeness (QED) is 0.350. The molecule has 0 unspecified atom stereocenters. The molecule has 74 valence electrons. The third-order valence-corrected chi connectivity index (χ3v) is 2.13. The molecule has 0 saturated heterocycles. The van der Waals surface area contributed by atoms with Gasteiger partial charge in [0.05, 0.1) is 5.75 Å². The van der Waals surface area contributed by atoms with Gasteiger partial charge in [0.15, 0.2) is 0 Å². The molecular weight excluding hydrogens is 180 g/mol. The van der Waals surface area contributed by atoms with Crippen molar-refractivity contribution in [2.75, 3.05) is 18.8 Å². The van der Waals surface area contributed by atoms with Crippen LogP contribution in [-0.4, -0.2) is 36.8 Å². The van der Waals surface area contributed by atoms with Crippen LogP contribution in [0.3, 0.4) is 0 Å². The van der Waals surface area contributed by atoms with E-state index in [1.54, 1.807) is 0 Å². The van der Waals surface area contributed by atoms with E-state index in [0.29, 0.717) is 6.54 Å². The van der Waals surface area contributed by atoms with Crippen molar-refractivity contribution >= 4 is 10.1 Å². The standard InChI is InChI=1S/C6H16N2O3S/c1-2-3-4-8(7)5-6-12(9,10)11/h2-7H2,1H3,(H,9,10,11). The first kappa shape index (κ1) is 11.8. The van der Waals surface area contributed by atoms with Gasteiger partial charge < -0.3 is 0 Å². The number of unbranched alkanes of at least 4 members (excludes halogenated alkanes) is 1. The maximum atomic E-state index is 10.3. The fourth-order valence-corrected chi connectivity index (χ4v) is 1.17. The van der Waals surface area contributed by atoms with Crippen molar-refractivity contribution in [3.8, 4) is 0 Å². The molecule has 0 atom stereocenters. The van der Waals surface area contributed by atoms with Gasteiger partial charge in [-0.3, -0.25) is 10.4 Å². The second-order valence-corrected chi connectivity index (χ2v) is 4.25. The summed E-state index contributed by atoms with van der Waals surface area (Å²) in [7, 11) is -3.87. The molecule has 0 aromatic rings. The van der Waals surface area contributed by atoms with Gasteiger partial charge in [-0.25, -0.2) is 5.01 Å². The lowest BCUT2D eigenvalue weighted by molar-refractivity contribution is 0.292. The number of hydrogen-bond donors (Lipinski definition) is 2. The molecule has 0 bridgehead atoms. The van der Waals surface area contributed by atoms with Crippen LogP contribution in [0.25, 0.3) is 0 Å². The monoisotopic (exact) mass is 196 g/mol. The summed E-state index contributed by atoms with van der Waals surface area (Å²) in [5, 5.41) is 1.40. The van der Waals surface area contributed by atoms with Gasteiger partial charge in [0.2, 0.25) is 0 Å². The number of hydrogen-bond acceptors (Lipinski definition) is 4. The molecule has 12 heavy (non-hydrogen) atoms. The first-order chi connectivity index (χ1) is 5.45. The zero-order valence-corrected chi connectivity index (χ0v) is 8.05. The zero-order valence-electron chi connectivity index (χ0n) is 7.23. The molecule has 0 heterocycles. The van der Waals surface area contributed by atoms with E-state index < -0.39 is 10.1 Å². The van der Waals surface area contributed by atoms with Crippen molar-refractivity contribution in [3.05, 3.63) is 0 Å². The van der Waals surface area contributed by atoms with E-state index in [-0.39, 0.29) is 12.3 Å². The lowest BCUT2D eigenvalue weighted by Gasteiger charge is -2.13. The van der Waals surface area contributed by atoms with Crippen molar-refractivity contribution in [3.63, 3.8) is 0 Å². The molecule has 0 aliphatic rings. The van der Waals surface area contributed by atoms with Gasteiger partial charge in [0.1, 0.15) is 0 Å².